The highest BCUT2D eigenvalue weighted by molar-refractivity contribution is 7.58. The summed E-state index contributed by atoms with van der Waals surface area (Å²) >= 11 is 28.3. The highest BCUT2D eigenvalue weighted by Gasteiger charge is 2.54. The summed E-state index contributed by atoms with van der Waals surface area (Å²) in [7, 11) is -3.18. The quantitative estimate of drug-likeness (QED) is 0.508. The van der Waals surface area contributed by atoms with Crippen LogP contribution in [0.3, 0.4) is 0 Å². The number of cyclic esters (lactones) is 1. The zero-order valence-electron chi connectivity index (χ0n) is 8.82. The maximum Gasteiger partial charge on any atom is 0.437 e. The predicted octanol–water partition coefficient (Wildman–Crippen LogP) is 4.37. The van der Waals surface area contributed by atoms with Gasteiger partial charge in [-0.2, -0.15) is 0 Å². The van der Waals surface area contributed by atoms with Gasteiger partial charge in [-0.15, -0.1) is 27.9 Å². The molecule has 0 saturated carbocycles. The van der Waals surface area contributed by atoms with Crippen LogP contribution in [-0.4, -0.2) is 40.7 Å². The Morgan fingerprint density at radius 1 is 1.22 bits per heavy atom. The van der Waals surface area contributed by atoms with Gasteiger partial charge in [-0.05, 0) is 0 Å². The van der Waals surface area contributed by atoms with Gasteiger partial charge >= 0.3 is 6.09 Å². The second-order valence-corrected chi connectivity index (χ2v) is 8.42. The van der Waals surface area contributed by atoms with Crippen molar-refractivity contribution in [2.24, 2.45) is 4.74 Å². The van der Waals surface area contributed by atoms with E-state index in [-0.39, 0.29) is 25.0 Å². The molecule has 0 radical (unpaired) electrons. The van der Waals surface area contributed by atoms with Crippen molar-refractivity contribution in [3.05, 3.63) is 0 Å². The summed E-state index contributed by atoms with van der Waals surface area (Å²) in [6, 6.07) is 0. The molecule has 1 unspecified atom stereocenters. The maximum absolute atomic E-state index is 11.3. The molecular formula is C7H9Cl5NO4P. The second-order valence-electron chi connectivity index (χ2n) is 2.99. The smallest absolute Gasteiger partial charge is 0.429 e. The number of hydrogen-bond donors (Lipinski definition) is 0. The summed E-state index contributed by atoms with van der Waals surface area (Å²) in [6.07, 6.45) is -0.899. The fourth-order valence-electron chi connectivity index (χ4n) is 1.16. The minimum atomic E-state index is -3.18. The third kappa shape index (κ3) is 4.29. The van der Waals surface area contributed by atoms with Gasteiger partial charge in [0, 0.05) is 11.8 Å². The summed E-state index contributed by atoms with van der Waals surface area (Å²) in [5, 5.41) is 0. The molecule has 1 atom stereocenters. The van der Waals surface area contributed by atoms with Gasteiger partial charge in [0.25, 0.3) is 7.51 Å². The molecule has 1 aliphatic heterocycles. The lowest BCUT2D eigenvalue weighted by molar-refractivity contribution is 0.139. The normalized spacial score (nSPS) is 22.7. The molecule has 18 heavy (non-hydrogen) atoms. The zero-order chi connectivity index (χ0) is 13.8. The largest absolute Gasteiger partial charge is 0.437 e. The van der Waals surface area contributed by atoms with Gasteiger partial charge in [0.1, 0.15) is 0 Å². The third-order valence-electron chi connectivity index (χ3n) is 1.72. The first kappa shape index (κ1) is 17.1. The molecule has 1 heterocycles. The SMILES string of the molecule is O=C1N=P(OCCCl)(OCCCl)C(C(Cl)(Cl)Cl)O1. The first-order valence-electron chi connectivity index (χ1n) is 4.66. The van der Waals surface area contributed by atoms with Crippen LogP contribution in [0.2, 0.25) is 0 Å². The van der Waals surface area contributed by atoms with Crippen molar-refractivity contribution in [2.75, 3.05) is 25.0 Å². The van der Waals surface area contributed by atoms with Crippen LogP contribution >= 0.6 is 65.5 Å². The van der Waals surface area contributed by atoms with E-state index in [9.17, 15) is 4.79 Å². The van der Waals surface area contributed by atoms with Crippen molar-refractivity contribution >= 4 is 71.6 Å². The summed E-state index contributed by atoms with van der Waals surface area (Å²) in [6.45, 7) is 0.157. The number of ether oxygens (including phenoxy) is 1. The molecule has 0 aromatic heterocycles. The van der Waals surface area contributed by atoms with E-state index in [1.807, 2.05) is 0 Å². The summed E-state index contributed by atoms with van der Waals surface area (Å²) in [5.74, 6) is -0.890. The van der Waals surface area contributed by atoms with Crippen LogP contribution in [-0.2, 0) is 13.8 Å². The van der Waals surface area contributed by atoms with Crippen LogP contribution in [0.1, 0.15) is 0 Å². The average Bonchev–Trinajstić information content (AvgIpc) is 2.61. The topological polar surface area (TPSA) is 57.1 Å². The minimum absolute atomic E-state index is 0.0784. The van der Waals surface area contributed by atoms with Crippen molar-refractivity contribution < 1.29 is 18.6 Å². The molecule has 0 aromatic rings. The fourth-order valence-corrected chi connectivity index (χ4v) is 4.92. The van der Waals surface area contributed by atoms with Crippen molar-refractivity contribution in [1.82, 2.24) is 0 Å². The Hall–Kier alpha value is 1.07. The molecule has 11 heteroatoms. The maximum atomic E-state index is 11.3. The minimum Gasteiger partial charge on any atom is -0.429 e. The molecule has 106 valence electrons. The molecule has 1 amide bonds. The summed E-state index contributed by atoms with van der Waals surface area (Å²) in [5.41, 5.74) is 0. The fraction of sp³-hybridized carbons (Fsp3) is 0.857. The summed E-state index contributed by atoms with van der Waals surface area (Å²) < 4.78 is 17.4. The van der Waals surface area contributed by atoms with Gasteiger partial charge in [-0.3, -0.25) is 0 Å². The molecule has 0 fully saturated rings. The molecule has 0 saturated heterocycles. The number of carbonyl (C=O) groups is 1. The van der Waals surface area contributed by atoms with Crippen molar-refractivity contribution in [3.8, 4) is 0 Å². The number of halogens is 5. The van der Waals surface area contributed by atoms with Crippen LogP contribution < -0.4 is 0 Å². The van der Waals surface area contributed by atoms with E-state index >= 15 is 0 Å². The monoisotopic (exact) mass is 377 g/mol. The Labute approximate surface area is 129 Å². The summed E-state index contributed by atoms with van der Waals surface area (Å²) in [4.78, 5) is 11.3. The Balaban J connectivity index is 3.03. The number of carbonyl (C=O) groups excluding carboxylic acids is 1. The van der Waals surface area contributed by atoms with E-state index in [4.69, 9.17) is 71.8 Å². The number of hydrogen-bond acceptors (Lipinski definition) is 4. The molecule has 0 bridgehead atoms. The molecule has 0 spiro atoms. The van der Waals surface area contributed by atoms with Gasteiger partial charge in [-0.25, -0.2) is 4.79 Å². The second kappa shape index (κ2) is 7.19. The Bertz CT molecular complexity index is 348. The van der Waals surface area contributed by atoms with E-state index in [1.165, 1.54) is 0 Å². The van der Waals surface area contributed by atoms with Crippen LogP contribution in [0, 0.1) is 0 Å². The molecular weight excluding hydrogens is 370 g/mol. The van der Waals surface area contributed by atoms with E-state index in [0.717, 1.165) is 0 Å². The van der Waals surface area contributed by atoms with Crippen LogP contribution in [0.25, 0.3) is 0 Å². The number of rotatable bonds is 6. The Morgan fingerprint density at radius 3 is 2.11 bits per heavy atom. The van der Waals surface area contributed by atoms with Crippen LogP contribution in [0.5, 0.6) is 0 Å². The number of amides is 1. The van der Waals surface area contributed by atoms with E-state index in [2.05, 4.69) is 4.74 Å². The lowest BCUT2D eigenvalue weighted by Gasteiger charge is -2.28. The van der Waals surface area contributed by atoms with Gasteiger partial charge in [0.2, 0.25) is 9.64 Å². The van der Waals surface area contributed by atoms with E-state index < -0.39 is 23.2 Å². The van der Waals surface area contributed by atoms with Crippen molar-refractivity contribution in [3.63, 3.8) is 0 Å². The standard InChI is InChI=1S/C7H9Cl5NO4P/c8-1-3-15-18(16-4-2-9)5(7(10,11)12)17-6(14)13-18/h5H,1-4H2. The first-order chi connectivity index (χ1) is 8.35. The zero-order valence-corrected chi connectivity index (χ0v) is 13.5. The van der Waals surface area contributed by atoms with Crippen molar-refractivity contribution in [1.29, 1.82) is 0 Å². The lowest BCUT2D eigenvalue weighted by atomic mass is 10.8. The highest BCUT2D eigenvalue weighted by atomic mass is 35.6. The van der Waals surface area contributed by atoms with Crippen LogP contribution in [0.4, 0.5) is 4.79 Å². The van der Waals surface area contributed by atoms with E-state index in [0.29, 0.717) is 0 Å². The number of nitrogens with zero attached hydrogens (tertiary/aromatic N) is 1. The first-order valence-corrected chi connectivity index (χ1v) is 8.51. The average molecular weight is 379 g/mol. The van der Waals surface area contributed by atoms with E-state index in [1.54, 1.807) is 0 Å². The molecule has 5 nitrogen and oxygen atoms in total. The Kier molecular flexibility index (Phi) is 6.84. The Morgan fingerprint density at radius 2 is 1.72 bits per heavy atom. The van der Waals surface area contributed by atoms with Crippen molar-refractivity contribution in [2.45, 2.75) is 9.64 Å². The number of alkyl halides is 5. The molecule has 0 N–H and O–H groups in total. The van der Waals surface area contributed by atoms with Gasteiger partial charge < -0.3 is 13.8 Å². The lowest BCUT2D eigenvalue weighted by Crippen LogP contribution is -2.28. The van der Waals surface area contributed by atoms with Gasteiger partial charge in [0.15, 0.2) is 0 Å². The predicted molar refractivity (Wildman–Crippen MR) is 73.3 cm³/mol. The molecule has 0 aromatic carbocycles. The third-order valence-corrected chi connectivity index (χ3v) is 5.71. The van der Waals surface area contributed by atoms with Crippen LogP contribution in [0.15, 0.2) is 4.74 Å². The van der Waals surface area contributed by atoms with Gasteiger partial charge in [-0.1, -0.05) is 34.8 Å². The molecule has 0 aliphatic carbocycles. The highest BCUT2D eigenvalue weighted by Crippen LogP contribution is 2.66. The molecule has 1 aliphatic rings. The van der Waals surface area contributed by atoms with Gasteiger partial charge in [0.05, 0.1) is 13.2 Å². The molecule has 1 rings (SSSR count).